The van der Waals surface area contributed by atoms with Crippen LogP contribution in [0.3, 0.4) is 0 Å². The molecule has 2 amide bonds. The molecule has 1 saturated heterocycles. The molecule has 0 spiro atoms. The Labute approximate surface area is 181 Å². The summed E-state index contributed by atoms with van der Waals surface area (Å²) in [6.45, 7) is 7.06. The quantitative estimate of drug-likeness (QED) is 0.660. The highest BCUT2D eigenvalue weighted by molar-refractivity contribution is 6.39. The van der Waals surface area contributed by atoms with Crippen LogP contribution in [0.4, 0.5) is 11.4 Å². The maximum Gasteiger partial charge on any atom is 0.313 e. The Balaban J connectivity index is 1.38. The van der Waals surface area contributed by atoms with Crippen LogP contribution in [0, 0.1) is 0 Å². The molecule has 1 aliphatic rings. The number of hydrogen-bond donors (Lipinski definition) is 2. The number of nitrogens with zero attached hydrogens (tertiary/aromatic N) is 2. The number of nitrogens with one attached hydrogen (secondary N) is 2. The Bertz CT molecular complexity index is 852. The molecular formula is C22H27ClN4O3. The standard InChI is InChI=1S/C22H27ClN4O3/c1-2-30-20-6-4-3-5-19(20)25-22(29)21(28)24-11-12-26-13-15-27(16-14-26)18-9-7-17(23)8-10-18/h3-10H,2,11-16H2,1H3,(H,24,28)(H,25,29). The van der Waals surface area contributed by atoms with Crippen molar-refractivity contribution in [3.8, 4) is 5.75 Å². The van der Waals surface area contributed by atoms with Crippen molar-refractivity contribution in [2.45, 2.75) is 6.92 Å². The minimum atomic E-state index is -0.699. The fourth-order valence-electron chi connectivity index (χ4n) is 3.32. The Morgan fingerprint density at radius 3 is 2.40 bits per heavy atom. The minimum absolute atomic E-state index is 0.417. The van der Waals surface area contributed by atoms with E-state index in [4.69, 9.17) is 16.3 Å². The summed E-state index contributed by atoms with van der Waals surface area (Å²) < 4.78 is 5.46. The minimum Gasteiger partial charge on any atom is -0.492 e. The monoisotopic (exact) mass is 430 g/mol. The molecule has 0 saturated carbocycles. The molecule has 8 heteroatoms. The Morgan fingerprint density at radius 1 is 1.00 bits per heavy atom. The maximum atomic E-state index is 12.2. The first kappa shape index (κ1) is 21.9. The van der Waals surface area contributed by atoms with Gasteiger partial charge in [0, 0.05) is 50.0 Å². The fraction of sp³-hybridized carbons (Fsp3) is 0.364. The zero-order valence-electron chi connectivity index (χ0n) is 17.1. The SMILES string of the molecule is CCOc1ccccc1NC(=O)C(=O)NCCN1CCN(c2ccc(Cl)cc2)CC1. The number of anilines is 2. The maximum absolute atomic E-state index is 12.2. The number of para-hydroxylation sites is 2. The van der Waals surface area contributed by atoms with E-state index in [1.807, 2.05) is 37.3 Å². The zero-order chi connectivity index (χ0) is 21.3. The predicted octanol–water partition coefficient (Wildman–Crippen LogP) is 2.62. The van der Waals surface area contributed by atoms with Crippen LogP contribution in [0.5, 0.6) is 5.75 Å². The van der Waals surface area contributed by atoms with Crippen LogP contribution in [-0.4, -0.2) is 62.6 Å². The first-order valence-corrected chi connectivity index (χ1v) is 10.5. The van der Waals surface area contributed by atoms with Gasteiger partial charge in [0.1, 0.15) is 5.75 Å². The van der Waals surface area contributed by atoms with Crippen LogP contribution < -0.4 is 20.3 Å². The average Bonchev–Trinajstić information content (AvgIpc) is 2.76. The first-order chi connectivity index (χ1) is 14.6. The van der Waals surface area contributed by atoms with Gasteiger partial charge in [0.15, 0.2) is 0 Å². The number of halogens is 1. The average molecular weight is 431 g/mol. The van der Waals surface area contributed by atoms with Crippen LogP contribution in [0.25, 0.3) is 0 Å². The Kier molecular flexibility index (Phi) is 7.93. The third-order valence-electron chi connectivity index (χ3n) is 4.92. The molecule has 3 rings (SSSR count). The van der Waals surface area contributed by atoms with Crippen molar-refractivity contribution >= 4 is 34.8 Å². The highest BCUT2D eigenvalue weighted by atomic mass is 35.5. The number of hydrogen-bond acceptors (Lipinski definition) is 5. The molecule has 2 N–H and O–H groups in total. The van der Waals surface area contributed by atoms with Crippen LogP contribution >= 0.6 is 11.6 Å². The lowest BCUT2D eigenvalue weighted by Gasteiger charge is -2.36. The summed E-state index contributed by atoms with van der Waals surface area (Å²) in [5.74, 6) is -0.810. The predicted molar refractivity (Wildman–Crippen MR) is 119 cm³/mol. The van der Waals surface area contributed by atoms with Crippen molar-refractivity contribution in [3.05, 3.63) is 53.6 Å². The van der Waals surface area contributed by atoms with E-state index in [1.165, 1.54) is 0 Å². The van der Waals surface area contributed by atoms with Crippen molar-refractivity contribution < 1.29 is 14.3 Å². The summed E-state index contributed by atoms with van der Waals surface area (Å²) in [5.41, 5.74) is 1.65. The fourth-order valence-corrected chi connectivity index (χ4v) is 3.45. The van der Waals surface area contributed by atoms with E-state index in [9.17, 15) is 9.59 Å². The van der Waals surface area contributed by atoms with Gasteiger partial charge in [-0.25, -0.2) is 0 Å². The lowest BCUT2D eigenvalue weighted by atomic mass is 10.2. The number of rotatable bonds is 7. The Morgan fingerprint density at radius 2 is 1.70 bits per heavy atom. The summed E-state index contributed by atoms with van der Waals surface area (Å²) in [6.07, 6.45) is 0. The molecular weight excluding hydrogens is 404 g/mol. The third kappa shape index (κ3) is 6.11. The second-order valence-corrected chi connectivity index (χ2v) is 7.38. The lowest BCUT2D eigenvalue weighted by molar-refractivity contribution is -0.136. The van der Waals surface area contributed by atoms with Gasteiger partial charge in [0.05, 0.1) is 12.3 Å². The summed E-state index contributed by atoms with van der Waals surface area (Å²) in [4.78, 5) is 28.9. The third-order valence-corrected chi connectivity index (χ3v) is 5.17. The van der Waals surface area contributed by atoms with Gasteiger partial charge >= 0.3 is 11.8 Å². The van der Waals surface area contributed by atoms with Crippen LogP contribution in [0.15, 0.2) is 48.5 Å². The summed E-state index contributed by atoms with van der Waals surface area (Å²) in [6, 6.07) is 14.9. The largest absolute Gasteiger partial charge is 0.492 e. The van der Waals surface area contributed by atoms with Gasteiger partial charge < -0.3 is 20.3 Å². The molecule has 0 radical (unpaired) electrons. The van der Waals surface area contributed by atoms with Gasteiger partial charge in [0.2, 0.25) is 0 Å². The number of piperazine rings is 1. The zero-order valence-corrected chi connectivity index (χ0v) is 17.8. The Hall–Kier alpha value is -2.77. The van der Waals surface area contributed by atoms with Gasteiger partial charge in [-0.3, -0.25) is 14.5 Å². The summed E-state index contributed by atoms with van der Waals surface area (Å²) >= 11 is 5.95. The smallest absolute Gasteiger partial charge is 0.313 e. The van der Waals surface area contributed by atoms with Crippen molar-refractivity contribution in [1.82, 2.24) is 10.2 Å². The van der Waals surface area contributed by atoms with Gasteiger partial charge in [-0.2, -0.15) is 0 Å². The van der Waals surface area contributed by atoms with E-state index in [0.717, 1.165) is 36.9 Å². The molecule has 30 heavy (non-hydrogen) atoms. The second-order valence-electron chi connectivity index (χ2n) is 6.94. The van der Waals surface area contributed by atoms with Gasteiger partial charge in [-0.1, -0.05) is 23.7 Å². The van der Waals surface area contributed by atoms with E-state index in [-0.39, 0.29) is 0 Å². The second kappa shape index (κ2) is 10.8. The van der Waals surface area contributed by atoms with Crippen molar-refractivity contribution in [2.75, 3.05) is 56.1 Å². The molecule has 0 aromatic heterocycles. The van der Waals surface area contributed by atoms with Gasteiger partial charge in [0.25, 0.3) is 0 Å². The van der Waals surface area contributed by atoms with Crippen LogP contribution in [-0.2, 0) is 9.59 Å². The number of benzene rings is 2. The number of ether oxygens (including phenoxy) is 1. The normalized spacial score (nSPS) is 14.3. The highest BCUT2D eigenvalue weighted by Gasteiger charge is 2.19. The van der Waals surface area contributed by atoms with Crippen molar-refractivity contribution in [3.63, 3.8) is 0 Å². The first-order valence-electron chi connectivity index (χ1n) is 10.1. The molecule has 2 aromatic rings. The number of carbonyl (C=O) groups excluding carboxylic acids is 2. The summed E-state index contributed by atoms with van der Waals surface area (Å²) in [7, 11) is 0. The number of amides is 2. The van der Waals surface area contributed by atoms with E-state index in [2.05, 4.69) is 20.4 Å². The molecule has 0 bridgehead atoms. The molecule has 160 valence electrons. The molecule has 0 atom stereocenters. The lowest BCUT2D eigenvalue weighted by Crippen LogP contribution is -2.49. The van der Waals surface area contributed by atoms with Gasteiger partial charge in [-0.15, -0.1) is 0 Å². The topological polar surface area (TPSA) is 73.9 Å². The van der Waals surface area contributed by atoms with Crippen LogP contribution in [0.1, 0.15) is 6.92 Å². The van der Waals surface area contributed by atoms with Crippen molar-refractivity contribution in [2.24, 2.45) is 0 Å². The molecule has 2 aromatic carbocycles. The van der Waals surface area contributed by atoms with E-state index in [1.54, 1.807) is 18.2 Å². The molecule has 7 nitrogen and oxygen atoms in total. The van der Waals surface area contributed by atoms with E-state index < -0.39 is 11.8 Å². The molecule has 1 heterocycles. The van der Waals surface area contributed by atoms with Gasteiger partial charge in [-0.05, 0) is 43.3 Å². The summed E-state index contributed by atoms with van der Waals surface area (Å²) in [5, 5.41) is 6.03. The molecule has 0 aliphatic carbocycles. The number of carbonyl (C=O) groups is 2. The molecule has 1 fully saturated rings. The van der Waals surface area contributed by atoms with Crippen molar-refractivity contribution in [1.29, 1.82) is 0 Å². The molecule has 0 unspecified atom stereocenters. The van der Waals surface area contributed by atoms with E-state index in [0.29, 0.717) is 31.1 Å². The van der Waals surface area contributed by atoms with Crippen LogP contribution in [0.2, 0.25) is 5.02 Å². The highest BCUT2D eigenvalue weighted by Crippen LogP contribution is 2.23. The van der Waals surface area contributed by atoms with E-state index >= 15 is 0 Å². The molecule has 1 aliphatic heterocycles.